The fraction of sp³-hybridized carbons (Fsp3) is 0.727. The van der Waals surface area contributed by atoms with E-state index in [1.165, 1.54) is 25.7 Å². The van der Waals surface area contributed by atoms with Crippen LogP contribution in [-0.4, -0.2) is 22.6 Å². The number of imidazole rings is 1. The smallest absolute Gasteiger partial charge is 0.206 e. The molecular formula is C11H18BrN3. The summed E-state index contributed by atoms with van der Waals surface area (Å²) in [5.74, 6) is 1.13. The molecule has 0 amide bonds. The Balaban J connectivity index is 2.19. The van der Waals surface area contributed by atoms with Crippen molar-refractivity contribution >= 4 is 21.9 Å². The Morgan fingerprint density at radius 1 is 1.27 bits per heavy atom. The van der Waals surface area contributed by atoms with Gasteiger partial charge in [-0.1, -0.05) is 12.8 Å². The molecule has 1 aliphatic heterocycles. The van der Waals surface area contributed by atoms with Gasteiger partial charge in [0.05, 0.1) is 6.20 Å². The summed E-state index contributed by atoms with van der Waals surface area (Å²) in [6, 6.07) is 0. The maximum atomic E-state index is 4.49. The molecule has 1 saturated heterocycles. The van der Waals surface area contributed by atoms with Crippen molar-refractivity contribution in [1.82, 2.24) is 9.55 Å². The van der Waals surface area contributed by atoms with Crippen molar-refractivity contribution in [3.63, 3.8) is 0 Å². The predicted octanol–water partition coefficient (Wildman–Crippen LogP) is 3.05. The quantitative estimate of drug-likeness (QED) is 0.825. The van der Waals surface area contributed by atoms with Gasteiger partial charge in [-0.3, -0.25) is 0 Å². The lowest BCUT2D eigenvalue weighted by Crippen LogP contribution is -2.27. The van der Waals surface area contributed by atoms with Crippen LogP contribution in [0.4, 0.5) is 5.95 Å². The van der Waals surface area contributed by atoms with Crippen molar-refractivity contribution in [2.24, 2.45) is 0 Å². The van der Waals surface area contributed by atoms with Gasteiger partial charge >= 0.3 is 0 Å². The third kappa shape index (κ3) is 2.36. The van der Waals surface area contributed by atoms with E-state index >= 15 is 0 Å². The fourth-order valence-corrected chi connectivity index (χ4v) is 2.67. The van der Waals surface area contributed by atoms with Crippen LogP contribution in [0.5, 0.6) is 0 Å². The summed E-state index contributed by atoms with van der Waals surface area (Å²) >= 11 is 3.54. The fourth-order valence-electron chi connectivity index (χ4n) is 2.16. The number of anilines is 1. The van der Waals surface area contributed by atoms with Gasteiger partial charge in [0.15, 0.2) is 0 Å². The lowest BCUT2D eigenvalue weighted by Gasteiger charge is -2.22. The van der Waals surface area contributed by atoms with Crippen molar-refractivity contribution in [2.75, 3.05) is 18.0 Å². The molecule has 84 valence electrons. The van der Waals surface area contributed by atoms with Crippen molar-refractivity contribution in [3.8, 4) is 0 Å². The molecule has 15 heavy (non-hydrogen) atoms. The second-order valence-electron chi connectivity index (χ2n) is 4.03. The summed E-state index contributed by atoms with van der Waals surface area (Å²) in [5, 5.41) is 0. The molecule has 2 heterocycles. The van der Waals surface area contributed by atoms with Gasteiger partial charge in [-0.2, -0.15) is 0 Å². The monoisotopic (exact) mass is 271 g/mol. The van der Waals surface area contributed by atoms with Crippen LogP contribution < -0.4 is 4.90 Å². The summed E-state index contributed by atoms with van der Waals surface area (Å²) < 4.78 is 3.31. The number of hydrogen-bond acceptors (Lipinski definition) is 2. The number of rotatable bonds is 2. The van der Waals surface area contributed by atoms with Gasteiger partial charge in [-0.05, 0) is 35.7 Å². The van der Waals surface area contributed by atoms with Crippen LogP contribution in [-0.2, 0) is 6.54 Å². The van der Waals surface area contributed by atoms with Crippen molar-refractivity contribution in [1.29, 1.82) is 0 Å². The van der Waals surface area contributed by atoms with E-state index in [9.17, 15) is 0 Å². The van der Waals surface area contributed by atoms with E-state index in [-0.39, 0.29) is 0 Å². The Bertz CT molecular complexity index is 314. The Labute approximate surface area is 99.6 Å². The van der Waals surface area contributed by atoms with E-state index < -0.39 is 0 Å². The van der Waals surface area contributed by atoms with Crippen LogP contribution in [0.3, 0.4) is 0 Å². The van der Waals surface area contributed by atoms with E-state index in [2.05, 4.69) is 37.3 Å². The SMILES string of the molecule is CCn1c(Br)cnc1N1CCCCCC1. The van der Waals surface area contributed by atoms with Crippen LogP contribution in [0.1, 0.15) is 32.6 Å². The Kier molecular flexibility index (Phi) is 3.67. The molecule has 2 rings (SSSR count). The summed E-state index contributed by atoms with van der Waals surface area (Å²) in [7, 11) is 0. The third-order valence-electron chi connectivity index (χ3n) is 2.99. The minimum atomic E-state index is 0.979. The zero-order valence-corrected chi connectivity index (χ0v) is 10.8. The molecule has 0 spiro atoms. The average Bonchev–Trinajstić information content (AvgIpc) is 2.48. The van der Waals surface area contributed by atoms with Crippen molar-refractivity contribution in [2.45, 2.75) is 39.2 Å². The van der Waals surface area contributed by atoms with Gasteiger partial charge in [-0.15, -0.1) is 0 Å². The van der Waals surface area contributed by atoms with Gasteiger partial charge < -0.3 is 9.47 Å². The largest absolute Gasteiger partial charge is 0.342 e. The van der Waals surface area contributed by atoms with E-state index in [1.807, 2.05) is 6.20 Å². The molecule has 1 aliphatic rings. The molecule has 0 unspecified atom stereocenters. The maximum Gasteiger partial charge on any atom is 0.206 e. The van der Waals surface area contributed by atoms with Crippen LogP contribution in [0.2, 0.25) is 0 Å². The second-order valence-corrected chi connectivity index (χ2v) is 4.84. The summed E-state index contributed by atoms with van der Waals surface area (Å²) in [4.78, 5) is 6.91. The molecule has 1 fully saturated rings. The summed E-state index contributed by atoms with van der Waals surface area (Å²) in [6.45, 7) is 5.45. The van der Waals surface area contributed by atoms with Crippen LogP contribution in [0.15, 0.2) is 10.8 Å². The molecule has 4 heteroatoms. The van der Waals surface area contributed by atoms with Crippen LogP contribution in [0, 0.1) is 0 Å². The van der Waals surface area contributed by atoms with Gasteiger partial charge in [0, 0.05) is 19.6 Å². The minimum absolute atomic E-state index is 0.979. The van der Waals surface area contributed by atoms with Gasteiger partial charge in [0.25, 0.3) is 0 Å². The zero-order chi connectivity index (χ0) is 10.7. The van der Waals surface area contributed by atoms with Crippen LogP contribution >= 0.6 is 15.9 Å². The Morgan fingerprint density at radius 3 is 2.53 bits per heavy atom. The summed E-state index contributed by atoms with van der Waals surface area (Å²) in [5.41, 5.74) is 0. The van der Waals surface area contributed by atoms with E-state index in [0.717, 1.165) is 30.2 Å². The summed E-state index contributed by atoms with van der Waals surface area (Å²) in [6.07, 6.45) is 7.24. The zero-order valence-electron chi connectivity index (χ0n) is 9.25. The van der Waals surface area contributed by atoms with E-state index in [0.29, 0.717) is 0 Å². The first-order chi connectivity index (χ1) is 7.33. The predicted molar refractivity (Wildman–Crippen MR) is 66.3 cm³/mol. The Morgan fingerprint density at radius 2 is 1.93 bits per heavy atom. The highest BCUT2D eigenvalue weighted by Crippen LogP contribution is 2.22. The lowest BCUT2D eigenvalue weighted by atomic mass is 10.2. The average molecular weight is 272 g/mol. The molecule has 0 N–H and O–H groups in total. The number of hydrogen-bond donors (Lipinski definition) is 0. The van der Waals surface area contributed by atoms with Crippen molar-refractivity contribution < 1.29 is 0 Å². The van der Waals surface area contributed by atoms with E-state index in [4.69, 9.17) is 0 Å². The highest BCUT2D eigenvalue weighted by Gasteiger charge is 2.15. The highest BCUT2D eigenvalue weighted by molar-refractivity contribution is 9.10. The first-order valence-electron chi connectivity index (χ1n) is 5.79. The molecule has 1 aromatic heterocycles. The molecule has 0 radical (unpaired) electrons. The van der Waals surface area contributed by atoms with Gasteiger partial charge in [-0.25, -0.2) is 4.98 Å². The molecule has 0 aromatic carbocycles. The van der Waals surface area contributed by atoms with Crippen molar-refractivity contribution in [3.05, 3.63) is 10.8 Å². The maximum absolute atomic E-state index is 4.49. The lowest BCUT2D eigenvalue weighted by molar-refractivity contribution is 0.684. The molecule has 0 aliphatic carbocycles. The molecule has 0 saturated carbocycles. The van der Waals surface area contributed by atoms with Gasteiger partial charge in [0.1, 0.15) is 4.60 Å². The second kappa shape index (κ2) is 5.01. The first kappa shape index (κ1) is 11.0. The number of halogens is 1. The number of nitrogens with zero attached hydrogens (tertiary/aromatic N) is 3. The third-order valence-corrected chi connectivity index (χ3v) is 3.62. The molecular weight excluding hydrogens is 254 g/mol. The molecule has 0 bridgehead atoms. The minimum Gasteiger partial charge on any atom is -0.342 e. The molecule has 3 nitrogen and oxygen atoms in total. The molecule has 0 atom stereocenters. The first-order valence-corrected chi connectivity index (χ1v) is 6.58. The topological polar surface area (TPSA) is 21.1 Å². The molecule has 1 aromatic rings. The Hall–Kier alpha value is -0.510. The van der Waals surface area contributed by atoms with Gasteiger partial charge in [0.2, 0.25) is 5.95 Å². The van der Waals surface area contributed by atoms with E-state index in [1.54, 1.807) is 0 Å². The standard InChI is InChI=1S/C11H18BrN3/c1-2-15-10(12)9-13-11(15)14-7-5-3-4-6-8-14/h9H,2-8H2,1H3. The van der Waals surface area contributed by atoms with Crippen LogP contribution in [0.25, 0.3) is 0 Å². The highest BCUT2D eigenvalue weighted by atomic mass is 79.9. The number of aromatic nitrogens is 2. The normalized spacial score (nSPS) is 17.9.